The van der Waals surface area contributed by atoms with Crippen molar-refractivity contribution in [3.05, 3.63) is 30.3 Å². The van der Waals surface area contributed by atoms with E-state index in [0.717, 1.165) is 0 Å². The van der Waals surface area contributed by atoms with Crippen molar-refractivity contribution in [1.82, 2.24) is 0 Å². The lowest BCUT2D eigenvalue weighted by Crippen LogP contribution is -2.57. The molecule has 12 nitrogen and oxygen atoms in total. The minimum absolute atomic E-state index is 0.783. The third-order valence-electron chi connectivity index (χ3n) is 2.97. The van der Waals surface area contributed by atoms with E-state index in [1.165, 1.54) is 0 Å². The van der Waals surface area contributed by atoms with E-state index in [9.17, 15) is 38.8 Å². The predicted molar refractivity (Wildman–Crippen MR) is 56.9 cm³/mol. The molecule has 0 aromatic rings. The van der Waals surface area contributed by atoms with Gasteiger partial charge in [-0.25, -0.2) is 0 Å². The summed E-state index contributed by atoms with van der Waals surface area (Å²) in [4.78, 5) is 28.8. The Kier molecular flexibility index (Phi) is 4.00. The first-order chi connectivity index (χ1) is 8.55. The topological polar surface area (TPSA) is 184 Å². The van der Waals surface area contributed by atoms with E-state index in [-0.39, 0.29) is 0 Å². The van der Waals surface area contributed by atoms with Crippen LogP contribution in [0.1, 0.15) is 12.8 Å². The fourth-order valence-corrected chi connectivity index (χ4v) is 3.37. The highest BCUT2D eigenvalue weighted by Gasteiger charge is 2.59. The SMILES string of the molecule is O=[N+]([O-])C1CC([N+](=O)[O-])C(S(=O)(=O)O)C([N+](=O)[O-])C1. The first-order valence-corrected chi connectivity index (χ1v) is 6.42. The van der Waals surface area contributed by atoms with E-state index in [1.807, 2.05) is 0 Å². The third kappa shape index (κ3) is 3.11. The van der Waals surface area contributed by atoms with Gasteiger partial charge in [0.25, 0.3) is 10.1 Å². The summed E-state index contributed by atoms with van der Waals surface area (Å²) in [5.74, 6) is 0. The first-order valence-electron chi connectivity index (χ1n) is 4.92. The lowest BCUT2D eigenvalue weighted by atomic mass is 9.87. The zero-order valence-electron chi connectivity index (χ0n) is 9.19. The minimum Gasteiger partial charge on any atom is -0.285 e. The molecule has 108 valence electrons. The molecule has 2 atom stereocenters. The van der Waals surface area contributed by atoms with Gasteiger partial charge in [0.2, 0.25) is 23.4 Å². The highest BCUT2D eigenvalue weighted by molar-refractivity contribution is 7.86. The van der Waals surface area contributed by atoms with E-state index >= 15 is 0 Å². The van der Waals surface area contributed by atoms with E-state index < -0.39 is 61.1 Å². The predicted octanol–water partition coefficient (Wildman–Crippen LogP) is -1.03. The maximum Gasteiger partial charge on any atom is 0.281 e. The van der Waals surface area contributed by atoms with Gasteiger partial charge in [-0.2, -0.15) is 8.42 Å². The van der Waals surface area contributed by atoms with Crippen LogP contribution in [0.15, 0.2) is 0 Å². The summed E-state index contributed by atoms with van der Waals surface area (Å²) >= 11 is 0. The summed E-state index contributed by atoms with van der Waals surface area (Å²) in [6, 6.07) is -5.77. The Morgan fingerprint density at radius 1 is 0.895 bits per heavy atom. The van der Waals surface area contributed by atoms with Gasteiger partial charge in [-0.15, -0.1) is 0 Å². The summed E-state index contributed by atoms with van der Waals surface area (Å²) in [7, 11) is -5.07. The van der Waals surface area contributed by atoms with Gasteiger partial charge in [0.15, 0.2) is 0 Å². The molecule has 1 aliphatic carbocycles. The molecule has 13 heteroatoms. The van der Waals surface area contributed by atoms with Crippen LogP contribution in [-0.2, 0) is 10.1 Å². The van der Waals surface area contributed by atoms with Gasteiger partial charge in [-0.05, 0) is 0 Å². The highest BCUT2D eigenvalue weighted by atomic mass is 32.2. The number of hydrogen-bond acceptors (Lipinski definition) is 8. The third-order valence-corrected chi connectivity index (χ3v) is 4.29. The number of nitrogens with zero attached hydrogens (tertiary/aromatic N) is 3. The normalized spacial score (nSPS) is 31.6. The Balaban J connectivity index is 3.27. The molecule has 0 amide bonds. The van der Waals surface area contributed by atoms with Gasteiger partial charge in [0.05, 0.1) is 12.8 Å². The average Bonchev–Trinajstić information content (AvgIpc) is 2.25. The first kappa shape index (κ1) is 15.2. The van der Waals surface area contributed by atoms with Crippen LogP contribution in [0.2, 0.25) is 0 Å². The Bertz CT molecular complexity index is 492. The quantitative estimate of drug-likeness (QED) is 0.385. The molecule has 1 fully saturated rings. The van der Waals surface area contributed by atoms with Crippen LogP contribution in [0.4, 0.5) is 0 Å². The molecule has 0 bridgehead atoms. The van der Waals surface area contributed by atoms with Gasteiger partial charge in [-0.1, -0.05) is 0 Å². The standard InChI is InChI=1S/C6H9N3O9S/c10-7(11)3-1-4(8(12)13)6(19(16,17)18)5(2-3)9(14)15/h3-6H,1-2H2,(H,16,17,18). The molecule has 0 saturated heterocycles. The van der Waals surface area contributed by atoms with Crippen molar-refractivity contribution in [2.24, 2.45) is 0 Å². The Morgan fingerprint density at radius 2 is 1.26 bits per heavy atom. The molecule has 0 aliphatic heterocycles. The van der Waals surface area contributed by atoms with Crippen LogP contribution in [0.25, 0.3) is 0 Å². The molecule has 0 radical (unpaired) electrons. The van der Waals surface area contributed by atoms with Crippen molar-refractivity contribution in [1.29, 1.82) is 0 Å². The maximum absolute atomic E-state index is 11.1. The second-order valence-corrected chi connectivity index (χ2v) is 5.67. The van der Waals surface area contributed by atoms with Crippen molar-refractivity contribution < 1.29 is 27.7 Å². The van der Waals surface area contributed by atoms with Gasteiger partial charge in [-0.3, -0.25) is 34.9 Å². The zero-order valence-corrected chi connectivity index (χ0v) is 10.0. The number of rotatable bonds is 4. The molecule has 1 saturated carbocycles. The second kappa shape index (κ2) is 5.00. The van der Waals surface area contributed by atoms with Crippen molar-refractivity contribution in [3.63, 3.8) is 0 Å². The fraction of sp³-hybridized carbons (Fsp3) is 1.00. The summed E-state index contributed by atoms with van der Waals surface area (Å²) < 4.78 is 31.0. The molecule has 0 aromatic heterocycles. The Morgan fingerprint density at radius 3 is 1.47 bits per heavy atom. The van der Waals surface area contributed by atoms with Crippen molar-refractivity contribution in [3.8, 4) is 0 Å². The summed E-state index contributed by atoms with van der Waals surface area (Å²) in [5.41, 5.74) is 0. The maximum atomic E-state index is 11.1. The zero-order chi connectivity index (χ0) is 15.0. The fourth-order valence-electron chi connectivity index (χ4n) is 2.16. The van der Waals surface area contributed by atoms with Gasteiger partial charge >= 0.3 is 0 Å². The van der Waals surface area contributed by atoms with Crippen LogP contribution in [0.3, 0.4) is 0 Å². The molecule has 0 heterocycles. The Labute approximate surface area is 105 Å². The molecule has 1 rings (SSSR count). The molecule has 19 heavy (non-hydrogen) atoms. The van der Waals surface area contributed by atoms with Gasteiger partial charge in [0.1, 0.15) is 0 Å². The van der Waals surface area contributed by atoms with E-state index in [1.54, 1.807) is 0 Å². The van der Waals surface area contributed by atoms with Crippen LogP contribution < -0.4 is 0 Å². The number of nitro groups is 3. The van der Waals surface area contributed by atoms with Crippen LogP contribution in [0, 0.1) is 30.3 Å². The molecule has 2 unspecified atom stereocenters. The lowest BCUT2D eigenvalue weighted by Gasteiger charge is -2.27. The minimum atomic E-state index is -5.07. The van der Waals surface area contributed by atoms with Crippen molar-refractivity contribution in [2.45, 2.75) is 36.2 Å². The number of hydrogen-bond donors (Lipinski definition) is 1. The molecule has 1 aliphatic rings. The van der Waals surface area contributed by atoms with E-state index in [4.69, 9.17) is 4.55 Å². The summed E-state index contributed by atoms with van der Waals surface area (Å²) in [6.07, 6.45) is -1.57. The van der Waals surface area contributed by atoms with Crippen molar-refractivity contribution >= 4 is 10.1 Å². The molecule has 1 N–H and O–H groups in total. The van der Waals surface area contributed by atoms with E-state index in [0.29, 0.717) is 0 Å². The molecular formula is C6H9N3O9S. The summed E-state index contributed by atoms with van der Waals surface area (Å²) in [5, 5.41) is 29.8. The molecular weight excluding hydrogens is 290 g/mol. The highest BCUT2D eigenvalue weighted by Crippen LogP contribution is 2.29. The van der Waals surface area contributed by atoms with Crippen LogP contribution in [0.5, 0.6) is 0 Å². The second-order valence-electron chi connectivity index (χ2n) is 4.10. The smallest absolute Gasteiger partial charge is 0.281 e. The largest absolute Gasteiger partial charge is 0.285 e. The van der Waals surface area contributed by atoms with Crippen LogP contribution >= 0.6 is 0 Å². The van der Waals surface area contributed by atoms with Crippen LogP contribution in [-0.4, -0.2) is 51.1 Å². The molecule has 0 spiro atoms. The Hall–Kier alpha value is -1.89. The monoisotopic (exact) mass is 299 g/mol. The van der Waals surface area contributed by atoms with E-state index in [2.05, 4.69) is 0 Å². The van der Waals surface area contributed by atoms with Gasteiger partial charge < -0.3 is 0 Å². The molecule has 0 aromatic carbocycles. The summed E-state index contributed by atoms with van der Waals surface area (Å²) in [6.45, 7) is 0. The van der Waals surface area contributed by atoms with Gasteiger partial charge in [0, 0.05) is 14.8 Å². The lowest BCUT2D eigenvalue weighted by molar-refractivity contribution is -0.602. The van der Waals surface area contributed by atoms with Crippen molar-refractivity contribution in [2.75, 3.05) is 0 Å². The average molecular weight is 299 g/mol.